The van der Waals surface area contributed by atoms with Crippen LogP contribution in [0.2, 0.25) is 0 Å². The highest BCUT2D eigenvalue weighted by molar-refractivity contribution is 6.14. The van der Waals surface area contributed by atoms with E-state index < -0.39 is 0 Å². The molecule has 0 heterocycles. The van der Waals surface area contributed by atoms with Crippen LogP contribution in [0.3, 0.4) is 0 Å². The molecule has 0 saturated carbocycles. The molecule has 0 fully saturated rings. The number of hydrogen-bond donors (Lipinski definition) is 1. The molecule has 0 aliphatic heterocycles. The first-order chi connectivity index (χ1) is 30.5. The van der Waals surface area contributed by atoms with Crippen LogP contribution in [0, 0.1) is 0 Å². The van der Waals surface area contributed by atoms with Gasteiger partial charge in [0.15, 0.2) is 0 Å². The van der Waals surface area contributed by atoms with Gasteiger partial charge >= 0.3 is 0 Å². The van der Waals surface area contributed by atoms with Crippen LogP contribution in [0.25, 0.3) is 87.6 Å². The first-order valence-electron chi connectivity index (χ1n) is 21.7. The number of quaternary nitrogens is 1. The van der Waals surface area contributed by atoms with Gasteiger partial charge in [0, 0.05) is 35.7 Å². The van der Waals surface area contributed by atoms with Gasteiger partial charge in [-0.2, -0.15) is 0 Å². The molecule has 1 unspecified atom stereocenters. The molecule has 0 saturated heterocycles. The monoisotopic (exact) mass is 790 g/mol. The molecular formula is C61H44N+. The Labute approximate surface area is 362 Å². The highest BCUT2D eigenvalue weighted by Gasteiger charge is 2.35. The van der Waals surface area contributed by atoms with Crippen LogP contribution in [0.5, 0.6) is 0 Å². The van der Waals surface area contributed by atoms with Gasteiger partial charge in [-0.3, -0.25) is 0 Å². The third-order valence-electron chi connectivity index (χ3n) is 13.6. The fourth-order valence-electron chi connectivity index (χ4n) is 10.4. The van der Waals surface area contributed by atoms with E-state index >= 15 is 0 Å². The van der Waals surface area contributed by atoms with E-state index in [0.29, 0.717) is 0 Å². The van der Waals surface area contributed by atoms with Crippen molar-refractivity contribution >= 4 is 60.2 Å². The minimum absolute atomic E-state index is 0.0446. The Balaban J connectivity index is 0.964. The van der Waals surface area contributed by atoms with Gasteiger partial charge in [0.2, 0.25) is 0 Å². The maximum atomic E-state index is 2.42. The average Bonchev–Trinajstić information content (AvgIpc) is 3.56. The highest BCUT2D eigenvalue weighted by atomic mass is 15.1. The lowest BCUT2D eigenvalue weighted by molar-refractivity contribution is -0.681. The molecule has 292 valence electrons. The fourth-order valence-corrected chi connectivity index (χ4v) is 10.4. The van der Waals surface area contributed by atoms with E-state index in [1.54, 1.807) is 0 Å². The Bertz CT molecular complexity index is 3540. The summed E-state index contributed by atoms with van der Waals surface area (Å²) in [6.45, 7) is 4.71. The minimum atomic E-state index is -0.0446. The van der Waals surface area contributed by atoms with Crippen molar-refractivity contribution in [1.82, 2.24) is 0 Å². The summed E-state index contributed by atoms with van der Waals surface area (Å²) in [5.41, 5.74) is 16.4. The number of nitrogens with one attached hydrogen (secondary N) is 1. The molecule has 11 aromatic rings. The van der Waals surface area contributed by atoms with Crippen LogP contribution >= 0.6 is 0 Å². The van der Waals surface area contributed by atoms with Gasteiger partial charge in [0.05, 0.1) is 0 Å². The predicted molar refractivity (Wildman–Crippen MR) is 263 cm³/mol. The molecule has 1 aliphatic rings. The van der Waals surface area contributed by atoms with Crippen molar-refractivity contribution in [3.05, 3.63) is 236 Å². The number of fused-ring (bicyclic) bond motifs is 9. The van der Waals surface area contributed by atoms with E-state index in [9.17, 15) is 0 Å². The maximum Gasteiger partial charge on any atom is 0.141 e. The van der Waals surface area contributed by atoms with E-state index in [-0.39, 0.29) is 5.41 Å². The Morgan fingerprint density at radius 1 is 0.274 bits per heavy atom. The summed E-state index contributed by atoms with van der Waals surface area (Å²) < 4.78 is 0. The third kappa shape index (κ3) is 5.89. The van der Waals surface area contributed by atoms with Crippen LogP contribution in [0.4, 0.5) is 17.1 Å². The summed E-state index contributed by atoms with van der Waals surface area (Å²) in [4.78, 5) is 1.21. The van der Waals surface area contributed by atoms with Crippen molar-refractivity contribution < 1.29 is 4.90 Å². The Hall–Kier alpha value is -7.58. The molecule has 1 heteroatoms. The predicted octanol–water partition coefficient (Wildman–Crippen LogP) is 15.8. The number of benzene rings is 11. The lowest BCUT2D eigenvalue weighted by Gasteiger charge is -2.22. The zero-order valence-electron chi connectivity index (χ0n) is 34.9. The van der Waals surface area contributed by atoms with E-state index in [1.807, 2.05) is 0 Å². The zero-order chi connectivity index (χ0) is 41.4. The molecule has 0 bridgehead atoms. The zero-order valence-corrected chi connectivity index (χ0v) is 34.9. The van der Waals surface area contributed by atoms with Gasteiger partial charge in [0.1, 0.15) is 17.1 Å². The molecular weight excluding hydrogens is 747 g/mol. The second kappa shape index (κ2) is 14.3. The standard InChI is InChI=1S/C61H43N/c1-61(2)59-21-10-9-20-55(59)56-35-30-45(39-60(56)61)41-28-33-49(34-29-41)62(48-31-26-40(27-32-48)44-25-24-43-23-22-42-12-3-5-16-51(42)57(43)37-44)50-15-11-14-46(36-50)58-38-47-13-4-6-17-52(47)53-18-7-8-19-54(53)58/h3-39H,1-2H3/p+1. The van der Waals surface area contributed by atoms with Crippen molar-refractivity contribution in [2.75, 3.05) is 0 Å². The molecule has 1 aliphatic carbocycles. The summed E-state index contributed by atoms with van der Waals surface area (Å²) in [6, 6.07) is 83.5. The number of hydrogen-bond acceptors (Lipinski definition) is 0. The third-order valence-corrected chi connectivity index (χ3v) is 13.6. The minimum Gasteiger partial charge on any atom is -0.238 e. The Kier molecular flexibility index (Phi) is 8.35. The van der Waals surface area contributed by atoms with Crippen LogP contribution in [-0.4, -0.2) is 0 Å². The molecule has 0 amide bonds. The lowest BCUT2D eigenvalue weighted by Crippen LogP contribution is -2.96. The van der Waals surface area contributed by atoms with E-state index in [2.05, 4.69) is 238 Å². The van der Waals surface area contributed by atoms with E-state index in [1.165, 1.54) is 121 Å². The highest BCUT2D eigenvalue weighted by Crippen LogP contribution is 2.49. The second-order valence-corrected chi connectivity index (χ2v) is 17.5. The van der Waals surface area contributed by atoms with Gasteiger partial charge in [-0.25, -0.2) is 4.90 Å². The van der Waals surface area contributed by atoms with E-state index in [4.69, 9.17) is 0 Å². The van der Waals surface area contributed by atoms with Crippen LogP contribution in [0.1, 0.15) is 25.0 Å². The van der Waals surface area contributed by atoms with Crippen molar-refractivity contribution in [2.45, 2.75) is 19.3 Å². The van der Waals surface area contributed by atoms with Crippen LogP contribution < -0.4 is 4.90 Å². The van der Waals surface area contributed by atoms with Crippen molar-refractivity contribution in [3.8, 4) is 44.5 Å². The van der Waals surface area contributed by atoms with Crippen molar-refractivity contribution in [3.63, 3.8) is 0 Å². The first-order valence-corrected chi connectivity index (χ1v) is 21.7. The number of rotatable bonds is 6. The molecule has 0 aromatic heterocycles. The van der Waals surface area contributed by atoms with Gasteiger partial charge in [0.25, 0.3) is 0 Å². The average molecular weight is 791 g/mol. The molecule has 0 spiro atoms. The lowest BCUT2D eigenvalue weighted by atomic mass is 9.81. The fraction of sp³-hybridized carbons (Fsp3) is 0.0492. The van der Waals surface area contributed by atoms with Crippen molar-refractivity contribution in [1.29, 1.82) is 0 Å². The van der Waals surface area contributed by atoms with Crippen LogP contribution in [-0.2, 0) is 5.41 Å². The van der Waals surface area contributed by atoms with Crippen molar-refractivity contribution in [2.24, 2.45) is 0 Å². The summed E-state index contributed by atoms with van der Waals surface area (Å²) >= 11 is 0. The summed E-state index contributed by atoms with van der Waals surface area (Å²) in [5.74, 6) is 0. The normalized spacial score (nSPS) is 13.4. The molecule has 12 rings (SSSR count). The summed E-state index contributed by atoms with van der Waals surface area (Å²) in [5, 5.41) is 10.2. The topological polar surface area (TPSA) is 4.44 Å². The van der Waals surface area contributed by atoms with Crippen LogP contribution in [0.15, 0.2) is 224 Å². The summed E-state index contributed by atoms with van der Waals surface area (Å²) in [7, 11) is 0. The quantitative estimate of drug-likeness (QED) is 0.160. The second-order valence-electron chi connectivity index (χ2n) is 17.5. The van der Waals surface area contributed by atoms with Gasteiger partial charge in [-0.1, -0.05) is 159 Å². The molecule has 11 aromatic carbocycles. The van der Waals surface area contributed by atoms with Gasteiger partial charge in [-0.05, 0) is 147 Å². The Morgan fingerprint density at radius 3 is 1.55 bits per heavy atom. The molecule has 1 nitrogen and oxygen atoms in total. The summed E-state index contributed by atoms with van der Waals surface area (Å²) in [6.07, 6.45) is 0. The van der Waals surface area contributed by atoms with Gasteiger partial charge in [-0.15, -0.1) is 0 Å². The molecule has 0 radical (unpaired) electrons. The molecule has 1 atom stereocenters. The SMILES string of the molecule is CC1(C)c2ccccc2-c2ccc(-c3ccc([NH+](c4ccc(-c5ccc6ccc7ccccc7c6c5)cc4)c4cccc(-c5cc6ccccc6c6ccccc56)c4)cc3)cc21. The van der Waals surface area contributed by atoms with Gasteiger partial charge < -0.3 is 0 Å². The largest absolute Gasteiger partial charge is 0.238 e. The smallest absolute Gasteiger partial charge is 0.141 e. The maximum absolute atomic E-state index is 2.42. The van der Waals surface area contributed by atoms with E-state index in [0.717, 1.165) is 0 Å². The first kappa shape index (κ1) is 36.3. The molecule has 62 heavy (non-hydrogen) atoms. The Morgan fingerprint density at radius 2 is 0.806 bits per heavy atom. The molecule has 1 N–H and O–H groups in total.